The predicted molar refractivity (Wildman–Crippen MR) is 102 cm³/mol. The number of methoxy groups -OCH3 is 1. The highest BCUT2D eigenvalue weighted by Crippen LogP contribution is 2.41. The number of hydrogen-bond acceptors (Lipinski definition) is 6. The van der Waals surface area contributed by atoms with Gasteiger partial charge in [-0.1, -0.05) is 6.08 Å². The Morgan fingerprint density at radius 1 is 1.11 bits per heavy atom. The van der Waals surface area contributed by atoms with E-state index >= 15 is 0 Å². The summed E-state index contributed by atoms with van der Waals surface area (Å²) >= 11 is 0. The molecule has 0 saturated heterocycles. The first-order chi connectivity index (χ1) is 12.8. The third-order valence-corrected chi connectivity index (χ3v) is 4.48. The predicted octanol–water partition coefficient (Wildman–Crippen LogP) is 4.06. The summed E-state index contributed by atoms with van der Waals surface area (Å²) in [6, 6.07) is 5.93. The van der Waals surface area contributed by atoms with Gasteiger partial charge in [0.15, 0.2) is 11.5 Å². The molecule has 0 unspecified atom stereocenters. The molecule has 2 heterocycles. The number of ether oxygens (including phenoxy) is 2. The lowest BCUT2D eigenvalue weighted by atomic mass is 9.97. The van der Waals surface area contributed by atoms with E-state index in [4.69, 9.17) is 13.9 Å². The van der Waals surface area contributed by atoms with E-state index in [1.165, 1.54) is 31.6 Å². The number of aromatic hydroxyl groups is 2. The fourth-order valence-electron chi connectivity index (χ4n) is 3.18. The molecule has 0 bridgehead atoms. The van der Waals surface area contributed by atoms with Crippen LogP contribution >= 0.6 is 0 Å². The molecule has 0 spiro atoms. The lowest BCUT2D eigenvalue weighted by Gasteiger charge is -2.28. The zero-order valence-electron chi connectivity index (χ0n) is 15.1. The molecular weight excluding hydrogens is 348 g/mol. The van der Waals surface area contributed by atoms with Crippen molar-refractivity contribution >= 4 is 17.0 Å². The first-order valence-electron chi connectivity index (χ1n) is 8.37. The average Bonchev–Trinajstić information content (AvgIpc) is 2.61. The highest BCUT2D eigenvalue weighted by Gasteiger charge is 2.25. The summed E-state index contributed by atoms with van der Waals surface area (Å²) in [6.07, 6.45) is 5.04. The van der Waals surface area contributed by atoms with Crippen LogP contribution in [0.4, 0.5) is 0 Å². The van der Waals surface area contributed by atoms with Gasteiger partial charge in [0.25, 0.3) is 0 Å². The maximum atomic E-state index is 13.0. The summed E-state index contributed by atoms with van der Waals surface area (Å²) in [5, 5.41) is 20.4. The zero-order chi connectivity index (χ0) is 19.3. The Morgan fingerprint density at radius 3 is 2.63 bits per heavy atom. The number of hydrogen-bond donors (Lipinski definition) is 2. The highest BCUT2D eigenvalue weighted by molar-refractivity contribution is 5.89. The van der Waals surface area contributed by atoms with Gasteiger partial charge in [-0.05, 0) is 37.6 Å². The van der Waals surface area contributed by atoms with Crippen LogP contribution < -0.4 is 14.9 Å². The van der Waals surface area contributed by atoms with Crippen molar-refractivity contribution in [3.63, 3.8) is 0 Å². The monoisotopic (exact) mass is 366 g/mol. The van der Waals surface area contributed by atoms with Gasteiger partial charge in [0, 0.05) is 17.7 Å². The van der Waals surface area contributed by atoms with Crippen molar-refractivity contribution in [2.45, 2.75) is 19.4 Å². The molecule has 0 radical (unpaired) electrons. The van der Waals surface area contributed by atoms with Gasteiger partial charge < -0.3 is 24.1 Å². The quantitative estimate of drug-likeness (QED) is 0.711. The standard InChI is InChI=1S/C21H18O6/c1-21(2)5-4-11-6-12(7-15(23)20(11)27-21)14-10-26-17-9-13(22)8-16(25-3)18(17)19(14)24/h4-10,22-23H,1-3H3. The van der Waals surface area contributed by atoms with E-state index in [0.717, 1.165) is 0 Å². The maximum absolute atomic E-state index is 13.0. The molecule has 0 saturated carbocycles. The van der Waals surface area contributed by atoms with Crippen LogP contribution in [0.1, 0.15) is 19.4 Å². The fraction of sp³-hybridized carbons (Fsp3) is 0.190. The van der Waals surface area contributed by atoms with Gasteiger partial charge in [0.2, 0.25) is 5.43 Å². The molecule has 27 heavy (non-hydrogen) atoms. The van der Waals surface area contributed by atoms with Crippen molar-refractivity contribution < 1.29 is 24.1 Å². The molecule has 0 aliphatic carbocycles. The van der Waals surface area contributed by atoms with Crippen LogP contribution in [0.15, 0.2) is 45.8 Å². The van der Waals surface area contributed by atoms with E-state index in [9.17, 15) is 15.0 Å². The van der Waals surface area contributed by atoms with Crippen molar-refractivity contribution in [3.05, 3.63) is 52.4 Å². The molecule has 2 aromatic carbocycles. The van der Waals surface area contributed by atoms with Gasteiger partial charge in [-0.3, -0.25) is 4.79 Å². The highest BCUT2D eigenvalue weighted by atomic mass is 16.5. The molecule has 0 amide bonds. The van der Waals surface area contributed by atoms with Crippen molar-refractivity contribution in [1.82, 2.24) is 0 Å². The smallest absolute Gasteiger partial charge is 0.204 e. The zero-order valence-corrected chi connectivity index (χ0v) is 15.1. The Kier molecular flexibility index (Phi) is 3.66. The fourth-order valence-corrected chi connectivity index (χ4v) is 3.18. The van der Waals surface area contributed by atoms with Gasteiger partial charge in [0.05, 0.1) is 12.7 Å². The van der Waals surface area contributed by atoms with Crippen LogP contribution in [-0.2, 0) is 0 Å². The molecule has 138 valence electrons. The van der Waals surface area contributed by atoms with Crippen LogP contribution in [0.25, 0.3) is 28.2 Å². The molecule has 0 fully saturated rings. The minimum atomic E-state index is -0.524. The molecule has 3 aromatic rings. The second-order valence-electron chi connectivity index (χ2n) is 6.95. The Labute approximate surface area is 154 Å². The van der Waals surface area contributed by atoms with E-state index in [0.29, 0.717) is 16.9 Å². The van der Waals surface area contributed by atoms with E-state index in [1.54, 1.807) is 6.07 Å². The largest absolute Gasteiger partial charge is 0.508 e. The normalized spacial score (nSPS) is 14.6. The summed E-state index contributed by atoms with van der Waals surface area (Å²) in [5.74, 6) is 0.468. The number of phenolic OH excluding ortho intramolecular Hbond substituents is 2. The second-order valence-corrected chi connectivity index (χ2v) is 6.95. The molecule has 1 aliphatic heterocycles. The first-order valence-corrected chi connectivity index (χ1v) is 8.37. The van der Waals surface area contributed by atoms with E-state index < -0.39 is 5.60 Å². The molecule has 1 aromatic heterocycles. The van der Waals surface area contributed by atoms with Crippen molar-refractivity contribution in [2.24, 2.45) is 0 Å². The van der Waals surface area contributed by atoms with Gasteiger partial charge in [0.1, 0.15) is 34.3 Å². The Balaban J connectivity index is 1.94. The van der Waals surface area contributed by atoms with Crippen LogP contribution in [-0.4, -0.2) is 22.9 Å². The first kappa shape index (κ1) is 17.0. The summed E-state index contributed by atoms with van der Waals surface area (Å²) in [7, 11) is 1.41. The van der Waals surface area contributed by atoms with E-state index in [-0.39, 0.29) is 39.2 Å². The van der Waals surface area contributed by atoms with Crippen LogP contribution in [0.2, 0.25) is 0 Å². The third kappa shape index (κ3) is 2.79. The van der Waals surface area contributed by atoms with Crippen LogP contribution in [0.5, 0.6) is 23.0 Å². The number of phenols is 2. The summed E-state index contributed by atoms with van der Waals surface area (Å²) in [5.41, 5.74) is 0.791. The minimum Gasteiger partial charge on any atom is -0.508 e. The van der Waals surface area contributed by atoms with Crippen molar-refractivity contribution in [1.29, 1.82) is 0 Å². The molecule has 0 atom stereocenters. The van der Waals surface area contributed by atoms with Gasteiger partial charge in [-0.25, -0.2) is 0 Å². The molecule has 6 heteroatoms. The van der Waals surface area contributed by atoms with Gasteiger partial charge >= 0.3 is 0 Å². The SMILES string of the molecule is COc1cc(O)cc2occ(-c3cc(O)c4c(c3)C=CC(C)(C)O4)c(=O)c12. The molecular formula is C21H18O6. The number of rotatable bonds is 2. The Bertz CT molecular complexity index is 1150. The lowest BCUT2D eigenvalue weighted by molar-refractivity contribution is 0.153. The topological polar surface area (TPSA) is 89.1 Å². The van der Waals surface area contributed by atoms with E-state index in [2.05, 4.69) is 0 Å². The molecule has 4 rings (SSSR count). The summed E-state index contributed by atoms with van der Waals surface area (Å²) < 4.78 is 16.6. The van der Waals surface area contributed by atoms with Crippen molar-refractivity contribution in [3.8, 4) is 34.1 Å². The Hall–Kier alpha value is -3.41. The van der Waals surface area contributed by atoms with E-state index in [1.807, 2.05) is 26.0 Å². The van der Waals surface area contributed by atoms with Gasteiger partial charge in [-0.15, -0.1) is 0 Å². The van der Waals surface area contributed by atoms with Gasteiger partial charge in [-0.2, -0.15) is 0 Å². The average molecular weight is 366 g/mol. The molecule has 6 nitrogen and oxygen atoms in total. The minimum absolute atomic E-state index is 0.0582. The summed E-state index contributed by atoms with van der Waals surface area (Å²) in [6.45, 7) is 3.78. The third-order valence-electron chi connectivity index (χ3n) is 4.48. The van der Waals surface area contributed by atoms with Crippen LogP contribution in [0.3, 0.4) is 0 Å². The lowest BCUT2D eigenvalue weighted by Crippen LogP contribution is -2.27. The Morgan fingerprint density at radius 2 is 1.89 bits per heavy atom. The molecule has 2 N–H and O–H groups in total. The number of benzene rings is 2. The van der Waals surface area contributed by atoms with Crippen molar-refractivity contribution in [2.75, 3.05) is 7.11 Å². The number of fused-ring (bicyclic) bond motifs is 2. The molecule has 1 aliphatic rings. The second kappa shape index (κ2) is 5.81. The summed E-state index contributed by atoms with van der Waals surface area (Å²) in [4.78, 5) is 13.0. The maximum Gasteiger partial charge on any atom is 0.204 e. The van der Waals surface area contributed by atoms with Crippen LogP contribution in [0, 0.1) is 0 Å².